The predicted molar refractivity (Wildman–Crippen MR) is 46.0 cm³/mol. The van der Waals surface area contributed by atoms with Crippen molar-refractivity contribution in [3.8, 4) is 0 Å². The van der Waals surface area contributed by atoms with Crippen LogP contribution in [0.1, 0.15) is 0 Å². The van der Waals surface area contributed by atoms with E-state index in [9.17, 15) is 4.79 Å². The van der Waals surface area contributed by atoms with Gasteiger partial charge in [0.05, 0.1) is 5.70 Å². The summed E-state index contributed by atoms with van der Waals surface area (Å²) < 4.78 is 0. The van der Waals surface area contributed by atoms with E-state index in [0.717, 1.165) is 11.3 Å². The largest absolute Gasteiger partial charge is 0.477 e. The van der Waals surface area contributed by atoms with Crippen LogP contribution in [0.25, 0.3) is 0 Å². The molecule has 1 atom stereocenters. The molecule has 0 aromatic rings. The molecule has 0 spiro atoms. The van der Waals surface area contributed by atoms with Gasteiger partial charge in [0.25, 0.3) is 0 Å². The van der Waals surface area contributed by atoms with Crippen molar-refractivity contribution >= 4 is 12.2 Å². The number of carbonyl (C=O) groups is 1. The van der Waals surface area contributed by atoms with Gasteiger partial charge < -0.3 is 10.0 Å². The van der Waals surface area contributed by atoms with Crippen LogP contribution in [-0.4, -0.2) is 28.2 Å². The molecule has 1 N–H and O–H groups in total. The molecule has 64 valence electrons. The second kappa shape index (κ2) is 1.90. The van der Waals surface area contributed by atoms with E-state index in [1.165, 1.54) is 0 Å². The lowest BCUT2D eigenvalue weighted by Gasteiger charge is -2.38. The molecule has 0 saturated carbocycles. The molecule has 0 aliphatic carbocycles. The molecule has 4 heteroatoms. The van der Waals surface area contributed by atoms with Gasteiger partial charge in [-0.25, -0.2) is 4.79 Å². The first kappa shape index (κ1) is 6.65. The number of nitrogens with zero attached hydrogens (tertiary/aromatic N) is 2. The maximum absolute atomic E-state index is 10.8. The Kier molecular flexibility index (Phi) is 0.974. The van der Waals surface area contributed by atoms with Crippen molar-refractivity contribution in [3.05, 3.63) is 35.3 Å². The lowest BCUT2D eigenvalue weighted by atomic mass is 9.96. The Morgan fingerprint density at radius 1 is 1.54 bits per heavy atom. The van der Waals surface area contributed by atoms with Gasteiger partial charge in [-0.15, -0.1) is 0 Å². The molecule has 0 fully saturated rings. The minimum Gasteiger partial charge on any atom is -0.477 e. The highest BCUT2D eigenvalue weighted by Gasteiger charge is 2.40. The summed E-state index contributed by atoms with van der Waals surface area (Å²) in [7, 11) is 0. The van der Waals surface area contributed by atoms with Gasteiger partial charge in [-0.05, 0) is 11.6 Å². The molecule has 3 aliphatic heterocycles. The van der Waals surface area contributed by atoms with E-state index in [0.29, 0.717) is 5.70 Å². The van der Waals surface area contributed by atoms with Crippen molar-refractivity contribution < 1.29 is 9.90 Å². The third-order valence-electron chi connectivity index (χ3n) is 2.44. The van der Waals surface area contributed by atoms with E-state index in [2.05, 4.69) is 4.99 Å². The normalized spacial score (nSPS) is 27.2. The van der Waals surface area contributed by atoms with Crippen LogP contribution in [-0.2, 0) is 4.79 Å². The highest BCUT2D eigenvalue weighted by Crippen LogP contribution is 2.38. The summed E-state index contributed by atoms with van der Waals surface area (Å²) in [4.78, 5) is 16.6. The fourth-order valence-electron chi connectivity index (χ4n) is 1.79. The molecule has 0 bridgehead atoms. The van der Waals surface area contributed by atoms with Gasteiger partial charge in [-0.3, -0.25) is 4.99 Å². The van der Waals surface area contributed by atoms with Gasteiger partial charge >= 0.3 is 5.97 Å². The minimum absolute atomic E-state index is 0.0797. The Labute approximate surface area is 74.2 Å². The average molecular weight is 174 g/mol. The van der Waals surface area contributed by atoms with Gasteiger partial charge in [-0.1, -0.05) is 6.08 Å². The Hall–Kier alpha value is -1.84. The molecule has 3 aliphatic rings. The van der Waals surface area contributed by atoms with Crippen LogP contribution in [0.15, 0.2) is 40.3 Å². The average Bonchev–Trinajstić information content (AvgIpc) is 2.40. The number of hydrogen-bond acceptors (Lipinski definition) is 3. The van der Waals surface area contributed by atoms with Crippen LogP contribution in [0.3, 0.4) is 0 Å². The zero-order chi connectivity index (χ0) is 9.00. The first-order valence-electron chi connectivity index (χ1n) is 3.96. The van der Waals surface area contributed by atoms with Crippen LogP contribution in [0, 0.1) is 0 Å². The molecule has 3 rings (SSSR count). The molecule has 4 nitrogen and oxygen atoms in total. The third-order valence-corrected chi connectivity index (χ3v) is 2.44. The SMILES string of the molecule is O=C(O)C1=CC=C2C=NC3=CN1C23. The summed E-state index contributed by atoms with van der Waals surface area (Å²) >= 11 is 0. The zero-order valence-electron chi connectivity index (χ0n) is 6.64. The van der Waals surface area contributed by atoms with E-state index in [-0.39, 0.29) is 6.04 Å². The molecule has 0 saturated heterocycles. The maximum atomic E-state index is 10.8. The van der Waals surface area contributed by atoms with Gasteiger partial charge in [0.2, 0.25) is 0 Å². The van der Waals surface area contributed by atoms with Crippen LogP contribution in [0.4, 0.5) is 0 Å². The van der Waals surface area contributed by atoms with Crippen molar-refractivity contribution in [1.82, 2.24) is 4.90 Å². The Balaban J connectivity index is 2.12. The van der Waals surface area contributed by atoms with Gasteiger partial charge in [-0.2, -0.15) is 0 Å². The Morgan fingerprint density at radius 3 is 3.15 bits per heavy atom. The molecular formula is C9H6N2O2. The molecule has 13 heavy (non-hydrogen) atoms. The second-order valence-electron chi connectivity index (χ2n) is 3.15. The third kappa shape index (κ3) is 0.654. The lowest BCUT2D eigenvalue weighted by molar-refractivity contribution is -0.134. The molecule has 0 radical (unpaired) electrons. The highest BCUT2D eigenvalue weighted by atomic mass is 16.4. The molecule has 1 unspecified atom stereocenters. The van der Waals surface area contributed by atoms with Gasteiger partial charge in [0.1, 0.15) is 11.7 Å². The summed E-state index contributed by atoms with van der Waals surface area (Å²) in [6.07, 6.45) is 6.97. The smallest absolute Gasteiger partial charge is 0.352 e. The summed E-state index contributed by atoms with van der Waals surface area (Å²) in [5.74, 6) is -0.891. The van der Waals surface area contributed by atoms with Crippen molar-refractivity contribution in [2.45, 2.75) is 6.04 Å². The van der Waals surface area contributed by atoms with Crippen molar-refractivity contribution in [1.29, 1.82) is 0 Å². The molecule has 0 aromatic carbocycles. The summed E-state index contributed by atoms with van der Waals surface area (Å²) in [5, 5.41) is 8.84. The van der Waals surface area contributed by atoms with Gasteiger partial charge in [0, 0.05) is 12.4 Å². The van der Waals surface area contributed by atoms with Crippen LogP contribution >= 0.6 is 0 Å². The Bertz CT molecular complexity index is 429. The number of allylic oxidation sites excluding steroid dienone is 2. The Morgan fingerprint density at radius 2 is 2.38 bits per heavy atom. The lowest BCUT2D eigenvalue weighted by Crippen LogP contribution is -2.42. The number of aliphatic carboxylic acids is 1. The van der Waals surface area contributed by atoms with E-state index >= 15 is 0 Å². The quantitative estimate of drug-likeness (QED) is 0.630. The van der Waals surface area contributed by atoms with Crippen molar-refractivity contribution in [3.63, 3.8) is 0 Å². The van der Waals surface area contributed by atoms with E-state index in [1.54, 1.807) is 23.4 Å². The predicted octanol–water partition coefficient (Wildman–Crippen LogP) is 0.505. The fraction of sp³-hybridized carbons (Fsp3) is 0.111. The van der Waals surface area contributed by atoms with Gasteiger partial charge in [0.15, 0.2) is 0 Å². The highest BCUT2D eigenvalue weighted by molar-refractivity contribution is 5.93. The van der Waals surface area contributed by atoms with Crippen molar-refractivity contribution in [2.24, 2.45) is 4.99 Å². The summed E-state index contributed by atoms with van der Waals surface area (Å²) in [6.45, 7) is 0. The number of hydrogen-bond donors (Lipinski definition) is 1. The first-order valence-corrected chi connectivity index (χ1v) is 3.96. The van der Waals surface area contributed by atoms with Crippen LogP contribution in [0.5, 0.6) is 0 Å². The maximum Gasteiger partial charge on any atom is 0.352 e. The topological polar surface area (TPSA) is 52.9 Å². The standard InChI is InChI=1S/C9H6N2O2/c12-9(13)7-2-1-5-3-10-6-4-11(7)8(5)6/h1-4,8H,(H,12,13). The fourth-order valence-corrected chi connectivity index (χ4v) is 1.79. The van der Waals surface area contributed by atoms with Crippen LogP contribution < -0.4 is 0 Å². The zero-order valence-corrected chi connectivity index (χ0v) is 6.64. The van der Waals surface area contributed by atoms with Crippen LogP contribution in [0.2, 0.25) is 0 Å². The summed E-state index contributed by atoms with van der Waals surface area (Å²) in [5.41, 5.74) is 2.35. The van der Waals surface area contributed by atoms with E-state index < -0.39 is 5.97 Å². The summed E-state index contributed by atoms with van der Waals surface area (Å²) in [6, 6.07) is 0.0797. The molecule has 0 amide bonds. The van der Waals surface area contributed by atoms with E-state index in [4.69, 9.17) is 5.11 Å². The monoisotopic (exact) mass is 174 g/mol. The number of carboxylic acid groups (broad SMARTS) is 1. The minimum atomic E-state index is -0.891. The molecular weight excluding hydrogens is 168 g/mol. The molecule has 3 heterocycles. The molecule has 0 aromatic heterocycles. The second-order valence-corrected chi connectivity index (χ2v) is 3.15. The first-order chi connectivity index (χ1) is 6.27. The number of aliphatic imine (C=N–C) groups is 1. The van der Waals surface area contributed by atoms with E-state index in [1.807, 2.05) is 6.08 Å². The number of carboxylic acids is 1. The van der Waals surface area contributed by atoms with Crippen molar-refractivity contribution in [2.75, 3.05) is 0 Å². The number of rotatable bonds is 1.